The van der Waals surface area contributed by atoms with E-state index in [0.29, 0.717) is 0 Å². The van der Waals surface area contributed by atoms with E-state index in [-0.39, 0.29) is 0 Å². The first-order valence-corrected chi connectivity index (χ1v) is 6.71. The molecule has 0 unspecified atom stereocenters. The average Bonchev–Trinajstić information content (AvgIpc) is 2.58. The van der Waals surface area contributed by atoms with Crippen molar-refractivity contribution in [2.75, 3.05) is 5.32 Å². The van der Waals surface area contributed by atoms with Crippen LogP contribution in [-0.2, 0) is 4.74 Å². The lowest BCUT2D eigenvalue weighted by atomic mass is 10.2. The molecule has 96 valence electrons. The molecule has 2 rings (SSSR count). The lowest BCUT2D eigenvalue weighted by molar-refractivity contribution is 0.0636. The summed E-state index contributed by atoms with van der Waals surface area (Å²) in [5.74, 6) is 0. The third-order valence-electron chi connectivity index (χ3n) is 2.36. The van der Waals surface area contributed by atoms with Gasteiger partial charge in [0.2, 0.25) is 0 Å². The lowest BCUT2D eigenvalue weighted by Crippen LogP contribution is -2.27. The van der Waals surface area contributed by atoms with E-state index >= 15 is 0 Å². The molecule has 1 aromatic heterocycles. The number of rotatable bonds is 1. The molecular weight excluding hydrogens is 246 g/mol. The molecule has 1 amide bonds. The molecule has 0 aliphatic carbocycles. The van der Waals surface area contributed by atoms with E-state index in [1.54, 1.807) is 11.3 Å². The lowest BCUT2D eigenvalue weighted by Gasteiger charge is -2.19. The maximum absolute atomic E-state index is 11.7. The van der Waals surface area contributed by atoms with Crippen molar-refractivity contribution in [3.63, 3.8) is 0 Å². The van der Waals surface area contributed by atoms with Crippen molar-refractivity contribution in [2.24, 2.45) is 0 Å². The van der Waals surface area contributed by atoms with Gasteiger partial charge in [-0.2, -0.15) is 0 Å². The first-order chi connectivity index (χ1) is 8.35. The van der Waals surface area contributed by atoms with Gasteiger partial charge in [0.1, 0.15) is 5.60 Å². The third kappa shape index (κ3) is 3.01. The van der Waals surface area contributed by atoms with Crippen LogP contribution in [0.3, 0.4) is 0 Å². The molecule has 0 radical (unpaired) electrons. The Morgan fingerprint density at radius 3 is 2.72 bits per heavy atom. The molecule has 0 saturated carbocycles. The Bertz CT molecular complexity index is 581. The summed E-state index contributed by atoms with van der Waals surface area (Å²) in [6.07, 6.45) is -0.413. The number of carbonyl (C=O) groups excluding carboxylic acids is 1. The number of thiophene rings is 1. The number of hydrogen-bond donors (Lipinski definition) is 1. The highest BCUT2D eigenvalue weighted by Crippen LogP contribution is 2.31. The summed E-state index contributed by atoms with van der Waals surface area (Å²) in [5, 5.41) is 5.80. The second-order valence-corrected chi connectivity index (χ2v) is 6.19. The van der Waals surface area contributed by atoms with Crippen LogP contribution in [0.5, 0.6) is 0 Å². The van der Waals surface area contributed by atoms with Gasteiger partial charge in [0.05, 0.1) is 5.69 Å². The molecular formula is C14H17NO2S. The van der Waals surface area contributed by atoms with Gasteiger partial charge in [0, 0.05) is 15.5 Å². The fourth-order valence-corrected chi connectivity index (χ4v) is 2.53. The smallest absolute Gasteiger partial charge is 0.412 e. The molecule has 0 bridgehead atoms. The Morgan fingerprint density at radius 2 is 2.06 bits per heavy atom. The van der Waals surface area contributed by atoms with Crippen LogP contribution in [0.1, 0.15) is 26.3 Å². The highest BCUT2D eigenvalue weighted by atomic mass is 32.1. The van der Waals surface area contributed by atoms with E-state index in [0.717, 1.165) is 15.8 Å². The van der Waals surface area contributed by atoms with Crippen molar-refractivity contribution >= 4 is 33.2 Å². The minimum atomic E-state index is -0.480. The van der Waals surface area contributed by atoms with Gasteiger partial charge < -0.3 is 4.74 Å². The molecule has 0 saturated heterocycles. The summed E-state index contributed by atoms with van der Waals surface area (Å²) in [4.78, 5) is 11.7. The predicted molar refractivity (Wildman–Crippen MR) is 76.4 cm³/mol. The van der Waals surface area contributed by atoms with Crippen molar-refractivity contribution in [3.8, 4) is 0 Å². The summed E-state index contributed by atoms with van der Waals surface area (Å²) in [7, 11) is 0. The molecule has 18 heavy (non-hydrogen) atoms. The Labute approximate surface area is 111 Å². The minimum absolute atomic E-state index is 0.413. The van der Waals surface area contributed by atoms with Crippen molar-refractivity contribution < 1.29 is 9.53 Å². The van der Waals surface area contributed by atoms with Crippen LogP contribution >= 0.6 is 11.3 Å². The molecule has 0 aliphatic heterocycles. The van der Waals surface area contributed by atoms with Crippen molar-refractivity contribution in [2.45, 2.75) is 33.3 Å². The zero-order chi connectivity index (χ0) is 13.3. The molecule has 2 aromatic rings. The normalized spacial score (nSPS) is 11.6. The summed E-state index contributed by atoms with van der Waals surface area (Å²) < 4.78 is 6.40. The number of aryl methyl sites for hydroxylation is 1. The number of carbonyl (C=O) groups is 1. The Kier molecular flexibility index (Phi) is 3.30. The van der Waals surface area contributed by atoms with Crippen LogP contribution < -0.4 is 5.32 Å². The Balaban J connectivity index is 2.22. The molecule has 4 heteroatoms. The largest absolute Gasteiger partial charge is 0.444 e. The fourth-order valence-electron chi connectivity index (χ4n) is 1.65. The van der Waals surface area contributed by atoms with Gasteiger partial charge in [-0.3, -0.25) is 5.32 Å². The maximum atomic E-state index is 11.7. The fraction of sp³-hybridized carbons (Fsp3) is 0.357. The van der Waals surface area contributed by atoms with Crippen LogP contribution in [0.2, 0.25) is 0 Å². The Morgan fingerprint density at radius 1 is 1.33 bits per heavy atom. The molecule has 1 aromatic carbocycles. The monoisotopic (exact) mass is 263 g/mol. The predicted octanol–water partition coefficient (Wildman–Crippen LogP) is 4.56. The number of benzene rings is 1. The standard InChI is InChI=1S/C14H17NO2S/c1-9-5-6-12-10(7-9)11(8-18-12)15-13(16)17-14(2,3)4/h5-8H,1-4H3,(H,15,16). The minimum Gasteiger partial charge on any atom is -0.444 e. The number of amides is 1. The molecule has 0 spiro atoms. The van der Waals surface area contributed by atoms with E-state index in [1.165, 1.54) is 5.56 Å². The highest BCUT2D eigenvalue weighted by Gasteiger charge is 2.17. The first-order valence-electron chi connectivity index (χ1n) is 5.83. The number of fused-ring (bicyclic) bond motifs is 1. The molecule has 0 aliphatic rings. The van der Waals surface area contributed by atoms with Crippen LogP contribution in [0, 0.1) is 6.92 Å². The zero-order valence-corrected chi connectivity index (χ0v) is 11.9. The maximum Gasteiger partial charge on any atom is 0.412 e. The number of nitrogens with one attached hydrogen (secondary N) is 1. The van der Waals surface area contributed by atoms with E-state index in [4.69, 9.17) is 4.74 Å². The quantitative estimate of drug-likeness (QED) is 0.819. The van der Waals surface area contributed by atoms with Crippen LogP contribution in [0.4, 0.5) is 10.5 Å². The summed E-state index contributed by atoms with van der Waals surface area (Å²) in [5.41, 5.74) is 1.51. The molecule has 0 atom stereocenters. The van der Waals surface area contributed by atoms with Gasteiger partial charge in [-0.15, -0.1) is 11.3 Å². The van der Waals surface area contributed by atoms with Crippen LogP contribution in [0.25, 0.3) is 10.1 Å². The number of ether oxygens (including phenoxy) is 1. The molecule has 1 N–H and O–H groups in total. The molecule has 1 heterocycles. The van der Waals surface area contributed by atoms with Crippen molar-refractivity contribution in [3.05, 3.63) is 29.1 Å². The zero-order valence-electron chi connectivity index (χ0n) is 11.0. The van der Waals surface area contributed by atoms with Gasteiger partial charge in [0.25, 0.3) is 0 Å². The SMILES string of the molecule is Cc1ccc2scc(NC(=O)OC(C)(C)C)c2c1. The summed E-state index contributed by atoms with van der Waals surface area (Å²) in [6, 6.07) is 6.20. The molecule has 0 fully saturated rings. The van der Waals surface area contributed by atoms with Gasteiger partial charge in [-0.25, -0.2) is 4.79 Å². The van der Waals surface area contributed by atoms with E-state index < -0.39 is 11.7 Å². The second kappa shape index (κ2) is 4.61. The topological polar surface area (TPSA) is 38.3 Å². The highest BCUT2D eigenvalue weighted by molar-refractivity contribution is 7.17. The average molecular weight is 263 g/mol. The summed E-state index contributed by atoms with van der Waals surface area (Å²) >= 11 is 1.61. The van der Waals surface area contributed by atoms with Gasteiger partial charge in [0.15, 0.2) is 0 Å². The Hall–Kier alpha value is -1.55. The van der Waals surface area contributed by atoms with E-state index in [1.807, 2.05) is 33.1 Å². The van der Waals surface area contributed by atoms with E-state index in [2.05, 4.69) is 23.5 Å². The van der Waals surface area contributed by atoms with Crippen LogP contribution in [0.15, 0.2) is 23.6 Å². The van der Waals surface area contributed by atoms with E-state index in [9.17, 15) is 4.79 Å². The number of hydrogen-bond acceptors (Lipinski definition) is 3. The van der Waals surface area contributed by atoms with Crippen LogP contribution in [-0.4, -0.2) is 11.7 Å². The number of anilines is 1. The third-order valence-corrected chi connectivity index (χ3v) is 3.33. The van der Waals surface area contributed by atoms with Gasteiger partial charge >= 0.3 is 6.09 Å². The van der Waals surface area contributed by atoms with Crippen molar-refractivity contribution in [1.29, 1.82) is 0 Å². The van der Waals surface area contributed by atoms with Gasteiger partial charge in [-0.1, -0.05) is 11.6 Å². The second-order valence-electron chi connectivity index (χ2n) is 5.28. The van der Waals surface area contributed by atoms with Crippen molar-refractivity contribution in [1.82, 2.24) is 0 Å². The molecule has 3 nitrogen and oxygen atoms in total. The summed E-state index contributed by atoms with van der Waals surface area (Å²) in [6.45, 7) is 7.59. The first kappa shape index (κ1) is 12.9. The van der Waals surface area contributed by atoms with Gasteiger partial charge in [-0.05, 0) is 39.8 Å².